The summed E-state index contributed by atoms with van der Waals surface area (Å²) in [7, 11) is 3.23. The number of aromatic nitrogens is 3. The number of nitriles is 1. The Balaban J connectivity index is 1.55. The smallest absolute Gasteiger partial charge is 0.264 e. The van der Waals surface area contributed by atoms with Crippen LogP contribution in [0.2, 0.25) is 0 Å². The molecule has 8 heteroatoms. The lowest BCUT2D eigenvalue weighted by atomic mass is 10.1. The summed E-state index contributed by atoms with van der Waals surface area (Å²) in [6, 6.07) is 26.8. The number of nitrogen functional groups attached to an aromatic ring is 1. The van der Waals surface area contributed by atoms with Gasteiger partial charge in [0.05, 0.1) is 5.39 Å². The first-order valence-electron chi connectivity index (χ1n) is 11.8. The van der Waals surface area contributed by atoms with Crippen LogP contribution in [0.3, 0.4) is 0 Å². The summed E-state index contributed by atoms with van der Waals surface area (Å²) in [5.41, 5.74) is 10.3. The molecule has 0 spiro atoms. The van der Waals surface area contributed by atoms with Crippen molar-refractivity contribution in [2.75, 3.05) is 19.8 Å². The summed E-state index contributed by atoms with van der Waals surface area (Å²) < 4.78 is 7.86. The van der Waals surface area contributed by atoms with Gasteiger partial charge in [-0.25, -0.2) is 9.97 Å². The van der Waals surface area contributed by atoms with Crippen molar-refractivity contribution in [2.45, 2.75) is 0 Å². The number of rotatable bonds is 6. The van der Waals surface area contributed by atoms with Gasteiger partial charge >= 0.3 is 0 Å². The third kappa shape index (κ3) is 4.81. The fourth-order valence-electron chi connectivity index (χ4n) is 4.14. The molecule has 8 nitrogen and oxygen atoms in total. The van der Waals surface area contributed by atoms with Gasteiger partial charge in [-0.2, -0.15) is 5.26 Å². The van der Waals surface area contributed by atoms with E-state index in [0.717, 1.165) is 28.0 Å². The molecule has 3 aromatic carbocycles. The number of nitrogens with two attached hydrogens (primary N) is 1. The molecule has 0 saturated heterocycles. The van der Waals surface area contributed by atoms with E-state index in [1.807, 2.05) is 95.7 Å². The summed E-state index contributed by atoms with van der Waals surface area (Å²) in [6.45, 7) is 0. The number of ether oxygens (including phenoxy) is 1. The third-order valence-electron chi connectivity index (χ3n) is 5.97. The van der Waals surface area contributed by atoms with Gasteiger partial charge in [-0.05, 0) is 53.6 Å². The number of para-hydroxylation sites is 1. The van der Waals surface area contributed by atoms with Crippen molar-refractivity contribution < 1.29 is 9.53 Å². The molecule has 5 aromatic rings. The average molecular weight is 501 g/mol. The van der Waals surface area contributed by atoms with Gasteiger partial charge in [0, 0.05) is 31.5 Å². The van der Waals surface area contributed by atoms with E-state index in [1.54, 1.807) is 20.2 Å². The van der Waals surface area contributed by atoms with Gasteiger partial charge in [0.1, 0.15) is 35.3 Å². The van der Waals surface area contributed by atoms with Crippen LogP contribution in [0, 0.1) is 11.3 Å². The van der Waals surface area contributed by atoms with Crippen molar-refractivity contribution in [3.63, 3.8) is 0 Å². The number of nitrogens with zero attached hydrogens (tertiary/aromatic N) is 5. The number of hydrogen-bond donors (Lipinski definition) is 1. The Kier molecular flexibility index (Phi) is 6.57. The minimum Gasteiger partial charge on any atom is -0.457 e. The van der Waals surface area contributed by atoms with Crippen molar-refractivity contribution >= 4 is 28.8 Å². The topological polar surface area (TPSA) is 110 Å². The molecule has 0 unspecified atom stereocenters. The monoisotopic (exact) mass is 500 g/mol. The lowest BCUT2D eigenvalue weighted by Crippen LogP contribution is -2.22. The first-order chi connectivity index (χ1) is 18.4. The maximum Gasteiger partial charge on any atom is 0.264 e. The van der Waals surface area contributed by atoms with Gasteiger partial charge in [-0.3, -0.25) is 4.79 Å². The fraction of sp³-hybridized carbons (Fsp3) is 0.0667. The second-order valence-electron chi connectivity index (χ2n) is 8.77. The Morgan fingerprint density at radius 1 is 1.00 bits per heavy atom. The summed E-state index contributed by atoms with van der Waals surface area (Å²) in [5, 5.41) is 10.2. The number of carbonyl (C=O) groups is 1. The number of benzene rings is 3. The van der Waals surface area contributed by atoms with Crippen LogP contribution >= 0.6 is 0 Å². The Morgan fingerprint density at radius 2 is 1.74 bits per heavy atom. The van der Waals surface area contributed by atoms with Gasteiger partial charge in [-0.1, -0.05) is 42.5 Å². The molecule has 0 aliphatic carbocycles. The van der Waals surface area contributed by atoms with Crippen molar-refractivity contribution in [2.24, 2.45) is 0 Å². The molecule has 0 bridgehead atoms. The van der Waals surface area contributed by atoms with Gasteiger partial charge in [-0.15, -0.1) is 0 Å². The summed E-state index contributed by atoms with van der Waals surface area (Å²) >= 11 is 0. The first kappa shape index (κ1) is 24.3. The Labute approximate surface area is 219 Å². The Hall–Kier alpha value is -5.42. The van der Waals surface area contributed by atoms with Gasteiger partial charge in [0.15, 0.2) is 5.65 Å². The lowest BCUT2D eigenvalue weighted by Gasteiger charge is -2.09. The highest BCUT2D eigenvalue weighted by molar-refractivity contribution is 6.02. The molecule has 0 fully saturated rings. The molecule has 0 saturated carbocycles. The van der Waals surface area contributed by atoms with Gasteiger partial charge < -0.3 is 19.9 Å². The molecule has 1 amide bonds. The zero-order chi connectivity index (χ0) is 26.6. The molecule has 38 heavy (non-hydrogen) atoms. The SMILES string of the molecule is CN(C)C(=O)C(C#N)=Cc1cccc(-n2cc(-c3ccc(Oc4ccccc4)cc3)c3c(N)ncnc32)c1. The van der Waals surface area contributed by atoms with Crippen LogP contribution < -0.4 is 10.5 Å². The number of anilines is 1. The van der Waals surface area contributed by atoms with E-state index in [4.69, 9.17) is 10.5 Å². The van der Waals surface area contributed by atoms with E-state index in [0.29, 0.717) is 22.8 Å². The number of hydrogen-bond acceptors (Lipinski definition) is 6. The highest BCUT2D eigenvalue weighted by Crippen LogP contribution is 2.35. The molecule has 2 aromatic heterocycles. The molecule has 0 atom stereocenters. The molecule has 2 N–H and O–H groups in total. The van der Waals surface area contributed by atoms with Crippen molar-refractivity contribution in [1.82, 2.24) is 19.4 Å². The lowest BCUT2D eigenvalue weighted by molar-refractivity contribution is -0.124. The summed E-state index contributed by atoms with van der Waals surface area (Å²) in [4.78, 5) is 22.4. The molecular formula is C30H24N6O2. The normalized spacial score (nSPS) is 11.2. The second kappa shape index (κ2) is 10.3. The van der Waals surface area contributed by atoms with Crippen LogP contribution in [-0.2, 0) is 4.79 Å². The highest BCUT2D eigenvalue weighted by atomic mass is 16.5. The minimum atomic E-state index is -0.355. The quantitative estimate of drug-likeness (QED) is 0.245. The van der Waals surface area contributed by atoms with Crippen LogP contribution in [0.1, 0.15) is 5.56 Å². The van der Waals surface area contributed by atoms with Crippen LogP contribution in [-0.4, -0.2) is 39.4 Å². The zero-order valence-corrected chi connectivity index (χ0v) is 20.9. The van der Waals surface area contributed by atoms with E-state index < -0.39 is 0 Å². The zero-order valence-electron chi connectivity index (χ0n) is 20.9. The van der Waals surface area contributed by atoms with E-state index >= 15 is 0 Å². The maximum absolute atomic E-state index is 12.3. The largest absolute Gasteiger partial charge is 0.457 e. The number of likely N-dealkylation sites (N-methyl/N-ethyl adjacent to an activating group) is 1. The van der Waals surface area contributed by atoms with E-state index in [1.165, 1.54) is 11.2 Å². The number of carbonyl (C=O) groups excluding carboxylic acids is 1. The van der Waals surface area contributed by atoms with E-state index in [-0.39, 0.29) is 11.5 Å². The summed E-state index contributed by atoms with van der Waals surface area (Å²) in [6.07, 6.45) is 4.97. The molecule has 5 rings (SSSR count). The molecule has 0 radical (unpaired) electrons. The highest BCUT2D eigenvalue weighted by Gasteiger charge is 2.17. The predicted molar refractivity (Wildman–Crippen MR) is 148 cm³/mol. The van der Waals surface area contributed by atoms with Crippen LogP contribution in [0.15, 0.2) is 97.0 Å². The van der Waals surface area contributed by atoms with Gasteiger partial charge in [0.25, 0.3) is 5.91 Å². The minimum absolute atomic E-state index is 0.0505. The van der Waals surface area contributed by atoms with E-state index in [2.05, 4.69) is 9.97 Å². The van der Waals surface area contributed by atoms with Crippen LogP contribution in [0.25, 0.3) is 33.9 Å². The standard InChI is InChI=1S/C30H24N6O2/c1-35(2)30(37)22(17-31)15-20-7-6-8-23(16-20)36-18-26(27-28(32)33-19-34-29(27)36)21-11-13-25(14-12-21)38-24-9-4-3-5-10-24/h3-16,18-19H,1-2H3,(H2,32,33,34). The average Bonchev–Trinajstić information content (AvgIpc) is 3.33. The van der Waals surface area contributed by atoms with Gasteiger partial charge in [0.2, 0.25) is 0 Å². The Morgan fingerprint density at radius 3 is 2.45 bits per heavy atom. The first-order valence-corrected chi connectivity index (χ1v) is 11.8. The van der Waals surface area contributed by atoms with Crippen molar-refractivity contribution in [1.29, 1.82) is 5.26 Å². The summed E-state index contributed by atoms with van der Waals surface area (Å²) in [5.74, 6) is 1.49. The molecule has 2 heterocycles. The number of amides is 1. The van der Waals surface area contributed by atoms with Crippen molar-refractivity contribution in [3.8, 4) is 34.4 Å². The maximum atomic E-state index is 12.3. The molecule has 186 valence electrons. The molecule has 0 aliphatic rings. The van der Waals surface area contributed by atoms with Crippen LogP contribution in [0.5, 0.6) is 11.5 Å². The molecule has 0 aliphatic heterocycles. The fourth-order valence-corrected chi connectivity index (χ4v) is 4.14. The van der Waals surface area contributed by atoms with Crippen molar-refractivity contribution in [3.05, 3.63) is 103 Å². The third-order valence-corrected chi connectivity index (χ3v) is 5.97. The predicted octanol–water partition coefficient (Wildman–Crippen LogP) is 5.46. The second-order valence-corrected chi connectivity index (χ2v) is 8.77. The van der Waals surface area contributed by atoms with E-state index in [9.17, 15) is 10.1 Å². The van der Waals surface area contributed by atoms with Crippen LogP contribution in [0.4, 0.5) is 5.82 Å². The number of fused-ring (bicyclic) bond motifs is 1. The molecular weight excluding hydrogens is 476 g/mol. The Bertz CT molecular complexity index is 1700.